The van der Waals surface area contributed by atoms with Crippen LogP contribution in [-0.2, 0) is 4.79 Å². The van der Waals surface area contributed by atoms with Gasteiger partial charge in [0, 0.05) is 16.7 Å². The maximum Gasteiger partial charge on any atom is 0.326 e. The smallest absolute Gasteiger partial charge is 0.326 e. The van der Waals surface area contributed by atoms with Crippen LogP contribution < -0.4 is 21.5 Å². The third kappa shape index (κ3) is 6.35. The van der Waals surface area contributed by atoms with Crippen LogP contribution in [0.2, 0.25) is 0 Å². The van der Waals surface area contributed by atoms with Crippen LogP contribution in [0.25, 0.3) is 0 Å². The van der Waals surface area contributed by atoms with Crippen molar-refractivity contribution >= 4 is 23.5 Å². The number of carboxylic acid groups (broad SMARTS) is 1. The van der Waals surface area contributed by atoms with Crippen LogP contribution >= 0.6 is 0 Å². The summed E-state index contributed by atoms with van der Waals surface area (Å²) in [5.41, 5.74) is 12.1. The van der Waals surface area contributed by atoms with Gasteiger partial charge in [-0.2, -0.15) is 0 Å². The lowest BCUT2D eigenvalue weighted by Crippen LogP contribution is -2.41. The molecular weight excluding hydrogens is 374 g/mol. The average Bonchev–Trinajstić information content (AvgIpc) is 2.70. The summed E-state index contributed by atoms with van der Waals surface area (Å²) >= 11 is 0. The highest BCUT2D eigenvalue weighted by molar-refractivity contribution is 5.99. The lowest BCUT2D eigenvalue weighted by molar-refractivity contribution is -0.139. The molecule has 8 N–H and O–H groups in total. The van der Waals surface area contributed by atoms with Crippen LogP contribution in [0.15, 0.2) is 48.5 Å². The van der Waals surface area contributed by atoms with E-state index in [1.54, 1.807) is 24.3 Å². The Morgan fingerprint density at radius 2 is 1.62 bits per heavy atom. The summed E-state index contributed by atoms with van der Waals surface area (Å²) in [4.78, 5) is 23.7. The van der Waals surface area contributed by atoms with Crippen molar-refractivity contribution in [1.29, 1.82) is 10.8 Å². The van der Waals surface area contributed by atoms with Gasteiger partial charge in [-0.15, -0.1) is 0 Å². The Hall–Kier alpha value is -3.88. The molecule has 0 unspecified atom stereocenters. The van der Waals surface area contributed by atoms with Gasteiger partial charge < -0.3 is 26.6 Å². The fraction of sp³-hybridized carbons (Fsp3) is 0.200. The van der Waals surface area contributed by atoms with Gasteiger partial charge in [-0.3, -0.25) is 15.6 Å². The molecule has 2 aromatic rings. The van der Waals surface area contributed by atoms with E-state index < -0.39 is 17.9 Å². The minimum absolute atomic E-state index is 0.0690. The van der Waals surface area contributed by atoms with Crippen LogP contribution in [0.1, 0.15) is 34.3 Å². The first-order valence-electron chi connectivity index (χ1n) is 8.83. The molecule has 0 aromatic heterocycles. The van der Waals surface area contributed by atoms with E-state index in [0.717, 1.165) is 0 Å². The van der Waals surface area contributed by atoms with Crippen molar-refractivity contribution in [1.82, 2.24) is 5.32 Å². The zero-order valence-electron chi connectivity index (χ0n) is 15.6. The summed E-state index contributed by atoms with van der Waals surface area (Å²) in [6, 6.07) is 11.7. The SMILES string of the molecule is N=C(N)c1ccc(C(=O)N[C@@H](CCCOc2cccc(C(=N)N)c2)C(=O)O)cc1. The molecule has 0 aliphatic carbocycles. The summed E-state index contributed by atoms with van der Waals surface area (Å²) < 4.78 is 5.56. The number of hydrogen-bond acceptors (Lipinski definition) is 5. The maximum atomic E-state index is 12.3. The molecule has 0 heterocycles. The number of amidine groups is 2. The number of carboxylic acids is 1. The van der Waals surface area contributed by atoms with Gasteiger partial charge >= 0.3 is 5.97 Å². The Kier molecular flexibility index (Phi) is 7.30. The average molecular weight is 397 g/mol. The number of aliphatic carboxylic acids is 1. The van der Waals surface area contributed by atoms with Crippen molar-refractivity contribution in [3.05, 3.63) is 65.2 Å². The highest BCUT2D eigenvalue weighted by atomic mass is 16.5. The predicted molar refractivity (Wildman–Crippen MR) is 109 cm³/mol. The van der Waals surface area contributed by atoms with Crippen molar-refractivity contribution in [2.24, 2.45) is 11.5 Å². The van der Waals surface area contributed by atoms with Crippen LogP contribution in [0.3, 0.4) is 0 Å². The third-order valence-corrected chi connectivity index (χ3v) is 4.11. The van der Waals surface area contributed by atoms with E-state index in [0.29, 0.717) is 23.3 Å². The second-order valence-electron chi connectivity index (χ2n) is 6.29. The summed E-state index contributed by atoms with van der Waals surface area (Å²) in [6.45, 7) is 0.244. The second kappa shape index (κ2) is 9.88. The van der Waals surface area contributed by atoms with E-state index in [9.17, 15) is 14.7 Å². The molecule has 0 aliphatic rings. The van der Waals surface area contributed by atoms with E-state index in [-0.39, 0.29) is 30.3 Å². The largest absolute Gasteiger partial charge is 0.494 e. The fourth-order valence-corrected chi connectivity index (χ4v) is 2.53. The Morgan fingerprint density at radius 3 is 2.21 bits per heavy atom. The molecule has 0 fully saturated rings. The molecule has 0 aliphatic heterocycles. The Labute approximate surface area is 167 Å². The molecular formula is C20H23N5O4. The summed E-state index contributed by atoms with van der Waals surface area (Å²) in [6.07, 6.45) is 0.573. The van der Waals surface area contributed by atoms with Crippen LogP contribution in [0.4, 0.5) is 0 Å². The summed E-state index contributed by atoms with van der Waals surface area (Å²) in [5.74, 6) is -1.33. The predicted octanol–water partition coefficient (Wildman–Crippen LogP) is 1.30. The van der Waals surface area contributed by atoms with Crippen molar-refractivity contribution in [2.45, 2.75) is 18.9 Å². The molecule has 0 saturated heterocycles. The Morgan fingerprint density at radius 1 is 1.00 bits per heavy atom. The summed E-state index contributed by atoms with van der Waals surface area (Å²) in [7, 11) is 0. The van der Waals surface area contributed by atoms with Crippen molar-refractivity contribution in [2.75, 3.05) is 6.61 Å². The number of rotatable bonds is 10. The number of nitrogens with one attached hydrogen (secondary N) is 3. The number of nitrogens with two attached hydrogens (primary N) is 2. The molecule has 0 saturated carbocycles. The quantitative estimate of drug-likeness (QED) is 0.200. The second-order valence-corrected chi connectivity index (χ2v) is 6.29. The van der Waals surface area contributed by atoms with Crippen LogP contribution in [0, 0.1) is 10.8 Å². The van der Waals surface area contributed by atoms with E-state index >= 15 is 0 Å². The first-order valence-corrected chi connectivity index (χ1v) is 8.83. The van der Waals surface area contributed by atoms with Gasteiger partial charge in [-0.1, -0.05) is 24.3 Å². The van der Waals surface area contributed by atoms with Crippen LogP contribution in [-0.4, -0.2) is 41.3 Å². The lowest BCUT2D eigenvalue weighted by Gasteiger charge is -2.15. The van der Waals surface area contributed by atoms with Crippen molar-refractivity contribution in [3.8, 4) is 5.75 Å². The van der Waals surface area contributed by atoms with Gasteiger partial charge in [0.25, 0.3) is 5.91 Å². The number of ether oxygens (including phenoxy) is 1. The highest BCUT2D eigenvalue weighted by Crippen LogP contribution is 2.14. The van der Waals surface area contributed by atoms with Crippen molar-refractivity contribution in [3.63, 3.8) is 0 Å². The highest BCUT2D eigenvalue weighted by Gasteiger charge is 2.20. The minimum atomic E-state index is -1.14. The molecule has 29 heavy (non-hydrogen) atoms. The standard InChI is InChI=1S/C20H23N5O4/c21-17(22)12-6-8-13(9-7-12)19(26)25-16(20(27)28)5-2-10-29-15-4-1-3-14(11-15)18(23)24/h1,3-4,6-9,11,16H,2,5,10H2,(H3,21,22)(H3,23,24)(H,25,26)(H,27,28)/t16-/m0/s1. The number of carbonyl (C=O) groups excluding carboxylic acids is 1. The van der Waals surface area contributed by atoms with E-state index in [4.69, 9.17) is 27.0 Å². The normalized spacial score (nSPS) is 11.3. The number of carbonyl (C=O) groups is 2. The monoisotopic (exact) mass is 397 g/mol. The molecule has 152 valence electrons. The van der Waals surface area contributed by atoms with E-state index in [2.05, 4.69) is 5.32 Å². The summed E-state index contributed by atoms with van der Waals surface area (Å²) in [5, 5.41) is 26.6. The molecule has 2 rings (SSSR count). The number of nitrogen functional groups attached to an aromatic ring is 2. The van der Waals surface area contributed by atoms with Gasteiger partial charge in [-0.05, 0) is 37.1 Å². The number of benzene rings is 2. The molecule has 0 bridgehead atoms. The maximum absolute atomic E-state index is 12.3. The zero-order valence-corrected chi connectivity index (χ0v) is 15.6. The van der Waals surface area contributed by atoms with Gasteiger partial charge in [0.2, 0.25) is 0 Å². The van der Waals surface area contributed by atoms with Gasteiger partial charge in [0.05, 0.1) is 6.61 Å². The van der Waals surface area contributed by atoms with Gasteiger partial charge in [0.15, 0.2) is 0 Å². The van der Waals surface area contributed by atoms with Gasteiger partial charge in [-0.25, -0.2) is 4.79 Å². The number of hydrogen-bond donors (Lipinski definition) is 6. The van der Waals surface area contributed by atoms with Gasteiger partial charge in [0.1, 0.15) is 23.5 Å². The van der Waals surface area contributed by atoms with E-state index in [1.165, 1.54) is 24.3 Å². The molecule has 2 aromatic carbocycles. The molecule has 0 radical (unpaired) electrons. The van der Waals surface area contributed by atoms with Crippen molar-refractivity contribution < 1.29 is 19.4 Å². The first-order chi connectivity index (χ1) is 13.8. The molecule has 1 amide bonds. The third-order valence-electron chi connectivity index (χ3n) is 4.11. The minimum Gasteiger partial charge on any atom is -0.494 e. The fourth-order valence-electron chi connectivity index (χ4n) is 2.53. The lowest BCUT2D eigenvalue weighted by atomic mass is 10.1. The first kappa shape index (κ1) is 21.4. The Balaban J connectivity index is 1.87. The number of amides is 1. The molecule has 1 atom stereocenters. The molecule has 0 spiro atoms. The van der Waals surface area contributed by atoms with Crippen LogP contribution in [0.5, 0.6) is 5.75 Å². The van der Waals surface area contributed by atoms with E-state index in [1.807, 2.05) is 0 Å². The molecule has 9 heteroatoms. The molecule has 9 nitrogen and oxygen atoms in total. The Bertz CT molecular complexity index is 911. The zero-order chi connectivity index (χ0) is 21.4. The topological polar surface area (TPSA) is 175 Å².